The maximum Gasteiger partial charge on any atom is 0.239 e. The van der Waals surface area contributed by atoms with E-state index in [-0.39, 0.29) is 24.9 Å². The summed E-state index contributed by atoms with van der Waals surface area (Å²) >= 11 is 12.4. The minimum Gasteiger partial charge on any atom is -0.354 e. The fourth-order valence-corrected chi connectivity index (χ4v) is 2.77. The Balaban J connectivity index is 2.65. The van der Waals surface area contributed by atoms with Crippen LogP contribution in [0.5, 0.6) is 0 Å². The molecule has 21 heavy (non-hydrogen) atoms. The predicted molar refractivity (Wildman–Crippen MR) is 84.6 cm³/mol. The molecule has 0 saturated heterocycles. The van der Waals surface area contributed by atoms with Crippen LogP contribution in [0.25, 0.3) is 0 Å². The minimum absolute atomic E-state index is 0.109. The number of hydrogen-bond acceptors (Lipinski definition) is 3. The van der Waals surface area contributed by atoms with Crippen LogP contribution in [0.4, 0.5) is 0 Å². The van der Waals surface area contributed by atoms with Gasteiger partial charge in [-0.25, -0.2) is 0 Å². The number of carbonyl (C=O) groups excluding carboxylic acids is 2. The van der Waals surface area contributed by atoms with Crippen LogP contribution in [0.1, 0.15) is 19.4 Å². The summed E-state index contributed by atoms with van der Waals surface area (Å²) in [7, 11) is 0. The maximum atomic E-state index is 11.7. The Labute approximate surface area is 134 Å². The van der Waals surface area contributed by atoms with Crippen LogP contribution in [0.15, 0.2) is 18.2 Å². The van der Waals surface area contributed by atoms with E-state index in [1.807, 2.05) is 13.8 Å². The summed E-state index contributed by atoms with van der Waals surface area (Å²) in [6.07, 6.45) is 0. The quantitative estimate of drug-likeness (QED) is 0.737. The van der Waals surface area contributed by atoms with Crippen molar-refractivity contribution in [3.8, 4) is 0 Å². The third-order valence-electron chi connectivity index (χ3n) is 3.00. The van der Waals surface area contributed by atoms with Crippen molar-refractivity contribution in [3.05, 3.63) is 33.8 Å². The fourth-order valence-electron chi connectivity index (χ4n) is 1.87. The monoisotopic (exact) mass is 331 g/mol. The zero-order valence-corrected chi connectivity index (χ0v) is 13.5. The van der Waals surface area contributed by atoms with Crippen LogP contribution in [0.3, 0.4) is 0 Å². The van der Waals surface area contributed by atoms with Gasteiger partial charge < -0.3 is 16.4 Å². The molecule has 1 aromatic carbocycles. The highest BCUT2D eigenvalue weighted by molar-refractivity contribution is 6.36. The molecule has 0 bridgehead atoms. The molecule has 0 unspecified atom stereocenters. The molecule has 0 radical (unpaired) electrons. The van der Waals surface area contributed by atoms with Gasteiger partial charge in [-0.3, -0.25) is 9.59 Å². The number of benzene rings is 1. The number of carbonyl (C=O) groups is 2. The summed E-state index contributed by atoms with van der Waals surface area (Å²) in [5.74, 6) is -0.674. The lowest BCUT2D eigenvalue weighted by Gasteiger charge is -2.27. The van der Waals surface area contributed by atoms with E-state index in [0.717, 1.165) is 5.56 Å². The first kappa shape index (κ1) is 17.8. The molecule has 0 atom stereocenters. The molecule has 2 amide bonds. The molecule has 0 aliphatic rings. The van der Waals surface area contributed by atoms with Crippen molar-refractivity contribution in [3.63, 3.8) is 0 Å². The normalized spacial score (nSPS) is 11.1. The standard InChI is InChI=1S/C14H19Cl2N3O2/c1-14(2,13-9(15)4-3-5-10(13)16)8-19-12(21)7-18-11(20)6-17/h3-5H,6-8,17H2,1-2H3,(H,18,20)(H,19,21). The summed E-state index contributed by atoms with van der Waals surface area (Å²) in [6, 6.07) is 5.28. The highest BCUT2D eigenvalue weighted by atomic mass is 35.5. The molecule has 0 fully saturated rings. The fraction of sp³-hybridized carbons (Fsp3) is 0.429. The summed E-state index contributed by atoms with van der Waals surface area (Å²) in [4.78, 5) is 22.7. The van der Waals surface area contributed by atoms with Crippen LogP contribution in [-0.2, 0) is 15.0 Å². The zero-order valence-electron chi connectivity index (χ0n) is 12.0. The van der Waals surface area contributed by atoms with Crippen LogP contribution < -0.4 is 16.4 Å². The number of nitrogens with two attached hydrogens (primary N) is 1. The van der Waals surface area contributed by atoms with E-state index >= 15 is 0 Å². The first-order valence-corrected chi connectivity index (χ1v) is 7.21. The van der Waals surface area contributed by atoms with E-state index in [2.05, 4.69) is 10.6 Å². The lowest BCUT2D eigenvalue weighted by molar-refractivity contribution is -0.125. The number of rotatable bonds is 6. The Hall–Kier alpha value is -1.30. The van der Waals surface area contributed by atoms with Gasteiger partial charge in [-0.15, -0.1) is 0 Å². The molecule has 0 aromatic heterocycles. The Morgan fingerprint density at radius 3 is 2.24 bits per heavy atom. The van der Waals surface area contributed by atoms with Gasteiger partial charge in [0.05, 0.1) is 13.1 Å². The Bertz CT molecular complexity index is 513. The van der Waals surface area contributed by atoms with Gasteiger partial charge in [0.25, 0.3) is 0 Å². The Morgan fingerprint density at radius 2 is 1.71 bits per heavy atom. The van der Waals surface area contributed by atoms with Gasteiger partial charge in [-0.1, -0.05) is 43.1 Å². The second kappa shape index (κ2) is 7.64. The van der Waals surface area contributed by atoms with Crippen molar-refractivity contribution in [2.45, 2.75) is 19.3 Å². The van der Waals surface area contributed by atoms with Gasteiger partial charge in [0, 0.05) is 22.0 Å². The molecule has 0 aliphatic carbocycles. The zero-order chi connectivity index (χ0) is 16.0. The molecule has 1 rings (SSSR count). The highest BCUT2D eigenvalue weighted by Crippen LogP contribution is 2.35. The Kier molecular flexibility index (Phi) is 6.45. The van der Waals surface area contributed by atoms with Crippen molar-refractivity contribution >= 4 is 35.0 Å². The van der Waals surface area contributed by atoms with Crippen LogP contribution in [-0.4, -0.2) is 31.4 Å². The number of halogens is 2. The van der Waals surface area contributed by atoms with Gasteiger partial charge in [-0.05, 0) is 17.7 Å². The van der Waals surface area contributed by atoms with Crippen molar-refractivity contribution in [2.24, 2.45) is 5.73 Å². The third kappa shape index (κ3) is 5.19. The molecular formula is C14H19Cl2N3O2. The largest absolute Gasteiger partial charge is 0.354 e. The second-order valence-electron chi connectivity index (χ2n) is 5.24. The number of hydrogen-bond donors (Lipinski definition) is 3. The summed E-state index contributed by atoms with van der Waals surface area (Å²) in [6.45, 7) is 3.95. The maximum absolute atomic E-state index is 11.7. The minimum atomic E-state index is -0.442. The first-order valence-electron chi connectivity index (χ1n) is 6.46. The smallest absolute Gasteiger partial charge is 0.239 e. The molecular weight excluding hydrogens is 313 g/mol. The lowest BCUT2D eigenvalue weighted by atomic mass is 9.84. The van der Waals surface area contributed by atoms with Crippen LogP contribution in [0.2, 0.25) is 10.0 Å². The molecule has 116 valence electrons. The van der Waals surface area contributed by atoms with Crippen LogP contribution >= 0.6 is 23.2 Å². The van der Waals surface area contributed by atoms with E-state index in [4.69, 9.17) is 28.9 Å². The number of amides is 2. The molecule has 5 nitrogen and oxygen atoms in total. The molecule has 0 saturated carbocycles. The van der Waals surface area contributed by atoms with Gasteiger partial charge in [0.2, 0.25) is 11.8 Å². The second-order valence-corrected chi connectivity index (χ2v) is 6.05. The van der Waals surface area contributed by atoms with Crippen LogP contribution in [0, 0.1) is 0 Å². The van der Waals surface area contributed by atoms with Crippen molar-refractivity contribution in [1.82, 2.24) is 10.6 Å². The first-order chi connectivity index (χ1) is 9.77. The highest BCUT2D eigenvalue weighted by Gasteiger charge is 2.26. The summed E-state index contributed by atoms with van der Waals surface area (Å²) < 4.78 is 0. The SMILES string of the molecule is CC(C)(CNC(=O)CNC(=O)CN)c1c(Cl)cccc1Cl. The average Bonchev–Trinajstić information content (AvgIpc) is 2.42. The van der Waals surface area contributed by atoms with Gasteiger partial charge in [-0.2, -0.15) is 0 Å². The van der Waals surface area contributed by atoms with Gasteiger partial charge >= 0.3 is 0 Å². The molecule has 0 spiro atoms. The van der Waals surface area contributed by atoms with Gasteiger partial charge in [0.1, 0.15) is 0 Å². The van der Waals surface area contributed by atoms with Crippen molar-refractivity contribution in [2.75, 3.05) is 19.6 Å². The van der Waals surface area contributed by atoms with Crippen molar-refractivity contribution < 1.29 is 9.59 Å². The van der Waals surface area contributed by atoms with E-state index < -0.39 is 5.41 Å². The van der Waals surface area contributed by atoms with E-state index in [9.17, 15) is 9.59 Å². The summed E-state index contributed by atoms with van der Waals surface area (Å²) in [5, 5.41) is 6.25. The topological polar surface area (TPSA) is 84.2 Å². The molecule has 7 heteroatoms. The van der Waals surface area contributed by atoms with Gasteiger partial charge in [0.15, 0.2) is 0 Å². The molecule has 4 N–H and O–H groups in total. The average molecular weight is 332 g/mol. The summed E-state index contributed by atoms with van der Waals surface area (Å²) in [5.41, 5.74) is 5.47. The third-order valence-corrected chi connectivity index (χ3v) is 3.63. The van der Waals surface area contributed by atoms with Crippen molar-refractivity contribution in [1.29, 1.82) is 0 Å². The molecule has 1 aromatic rings. The van der Waals surface area contributed by atoms with E-state index in [1.165, 1.54) is 0 Å². The molecule has 0 heterocycles. The van der Waals surface area contributed by atoms with E-state index in [0.29, 0.717) is 16.6 Å². The number of nitrogens with one attached hydrogen (secondary N) is 2. The van der Waals surface area contributed by atoms with E-state index in [1.54, 1.807) is 18.2 Å². The predicted octanol–water partition coefficient (Wildman–Crippen LogP) is 1.46. The lowest BCUT2D eigenvalue weighted by Crippen LogP contribution is -2.43. The molecule has 0 aliphatic heterocycles. The Morgan fingerprint density at radius 1 is 1.14 bits per heavy atom.